The Morgan fingerprint density at radius 1 is 0.767 bits per heavy atom. The average molecular weight is 431 g/mol. The number of esters is 3. The fraction of sp³-hybridized carbons (Fsp3) is 0.870. The van der Waals surface area contributed by atoms with Gasteiger partial charge in [-0.1, -0.05) is 59.3 Å². The van der Waals surface area contributed by atoms with Gasteiger partial charge >= 0.3 is 17.9 Å². The van der Waals surface area contributed by atoms with Gasteiger partial charge in [-0.05, 0) is 32.6 Å². The number of aliphatic hydroxyl groups is 1. The van der Waals surface area contributed by atoms with Gasteiger partial charge in [0.05, 0.1) is 32.2 Å². The van der Waals surface area contributed by atoms with E-state index in [1.165, 1.54) is 0 Å². The second-order valence-electron chi connectivity index (χ2n) is 7.95. The lowest BCUT2D eigenvalue weighted by Gasteiger charge is -2.26. The molecule has 0 bridgehead atoms. The van der Waals surface area contributed by atoms with E-state index in [1.54, 1.807) is 6.92 Å². The lowest BCUT2D eigenvalue weighted by Crippen LogP contribution is -2.46. The topological polar surface area (TPSA) is 99.1 Å². The van der Waals surface area contributed by atoms with E-state index in [9.17, 15) is 19.5 Å². The first-order valence-corrected chi connectivity index (χ1v) is 11.5. The highest BCUT2D eigenvalue weighted by molar-refractivity contribution is 5.90. The fourth-order valence-corrected chi connectivity index (χ4v) is 2.90. The molecular formula is C23H42O7. The number of rotatable bonds is 18. The third kappa shape index (κ3) is 13.6. The Morgan fingerprint density at radius 3 is 1.63 bits per heavy atom. The van der Waals surface area contributed by atoms with Crippen LogP contribution < -0.4 is 0 Å². The van der Waals surface area contributed by atoms with E-state index in [0.29, 0.717) is 19.3 Å². The van der Waals surface area contributed by atoms with Crippen molar-refractivity contribution in [2.24, 2.45) is 0 Å². The number of carbonyl (C=O) groups excluding carboxylic acids is 3. The average Bonchev–Trinajstić information content (AvgIpc) is 2.68. The number of ether oxygens (including phenoxy) is 3. The van der Waals surface area contributed by atoms with Crippen LogP contribution in [-0.2, 0) is 28.6 Å². The number of unbranched alkanes of at least 4 members (excludes halogenated alkanes) is 6. The molecule has 1 N–H and O–H groups in total. The minimum atomic E-state index is -2.29. The summed E-state index contributed by atoms with van der Waals surface area (Å²) < 4.78 is 15.6. The Balaban J connectivity index is 4.92. The zero-order chi connectivity index (χ0) is 22.8. The van der Waals surface area contributed by atoms with Gasteiger partial charge in [0.1, 0.15) is 0 Å². The second kappa shape index (κ2) is 17.1. The van der Waals surface area contributed by atoms with Crippen LogP contribution in [0.15, 0.2) is 0 Å². The zero-order valence-electron chi connectivity index (χ0n) is 19.4. The molecule has 0 aliphatic carbocycles. The largest absolute Gasteiger partial charge is 0.466 e. The third-order valence-corrected chi connectivity index (χ3v) is 4.80. The van der Waals surface area contributed by atoms with Crippen LogP contribution in [0.5, 0.6) is 0 Å². The molecule has 0 radical (unpaired) electrons. The van der Waals surface area contributed by atoms with Crippen LogP contribution in [0.2, 0.25) is 0 Å². The van der Waals surface area contributed by atoms with Crippen LogP contribution in [0.25, 0.3) is 0 Å². The minimum absolute atomic E-state index is 0.215. The molecular weight excluding hydrogens is 388 g/mol. The van der Waals surface area contributed by atoms with E-state index in [2.05, 4.69) is 6.92 Å². The molecule has 0 amide bonds. The lowest BCUT2D eigenvalue weighted by atomic mass is 9.95. The molecule has 0 aromatic heterocycles. The standard InChI is InChI=1S/C23H42O7/c1-5-8-11-14-19(4)30-22(26)23(27,17-20(24)28-15-12-9-6-2)18-21(25)29-16-13-10-7-3/h19,27H,5-18H2,1-4H3. The molecule has 0 aliphatic heterocycles. The highest BCUT2D eigenvalue weighted by Crippen LogP contribution is 2.22. The summed E-state index contributed by atoms with van der Waals surface area (Å²) in [6.07, 6.45) is 7.11. The lowest BCUT2D eigenvalue weighted by molar-refractivity contribution is -0.181. The molecule has 0 aliphatic rings. The van der Waals surface area contributed by atoms with Crippen LogP contribution in [0, 0.1) is 0 Å². The van der Waals surface area contributed by atoms with Gasteiger partial charge in [-0.3, -0.25) is 9.59 Å². The molecule has 0 saturated heterocycles. The van der Waals surface area contributed by atoms with E-state index in [4.69, 9.17) is 14.2 Å². The fourth-order valence-electron chi connectivity index (χ4n) is 2.90. The summed E-state index contributed by atoms with van der Waals surface area (Å²) in [4.78, 5) is 37.0. The molecule has 7 heteroatoms. The summed E-state index contributed by atoms with van der Waals surface area (Å²) in [5.41, 5.74) is -2.29. The van der Waals surface area contributed by atoms with Crippen molar-refractivity contribution in [2.45, 2.75) is 116 Å². The van der Waals surface area contributed by atoms with Gasteiger partial charge in [-0.2, -0.15) is 0 Å². The minimum Gasteiger partial charge on any atom is -0.466 e. The maximum absolute atomic E-state index is 12.6. The van der Waals surface area contributed by atoms with E-state index in [0.717, 1.165) is 44.9 Å². The molecule has 7 nitrogen and oxygen atoms in total. The van der Waals surface area contributed by atoms with E-state index in [-0.39, 0.29) is 13.2 Å². The third-order valence-electron chi connectivity index (χ3n) is 4.80. The van der Waals surface area contributed by atoms with Crippen LogP contribution in [-0.4, -0.2) is 47.9 Å². The van der Waals surface area contributed by atoms with Crippen LogP contribution in [0.4, 0.5) is 0 Å². The molecule has 0 heterocycles. The van der Waals surface area contributed by atoms with Crippen molar-refractivity contribution in [3.05, 3.63) is 0 Å². The molecule has 0 fully saturated rings. The van der Waals surface area contributed by atoms with Crippen molar-refractivity contribution in [3.63, 3.8) is 0 Å². The van der Waals surface area contributed by atoms with Gasteiger partial charge in [0.2, 0.25) is 0 Å². The maximum Gasteiger partial charge on any atom is 0.339 e. The highest BCUT2D eigenvalue weighted by Gasteiger charge is 2.44. The second-order valence-corrected chi connectivity index (χ2v) is 7.95. The van der Waals surface area contributed by atoms with Gasteiger partial charge in [0.15, 0.2) is 5.60 Å². The van der Waals surface area contributed by atoms with E-state index < -0.39 is 42.5 Å². The van der Waals surface area contributed by atoms with Crippen LogP contribution in [0.3, 0.4) is 0 Å². The van der Waals surface area contributed by atoms with Gasteiger partial charge < -0.3 is 19.3 Å². The summed E-state index contributed by atoms with van der Waals surface area (Å²) >= 11 is 0. The van der Waals surface area contributed by atoms with Crippen LogP contribution in [0.1, 0.15) is 105 Å². The van der Waals surface area contributed by atoms with Crippen molar-refractivity contribution in [3.8, 4) is 0 Å². The molecule has 0 rings (SSSR count). The summed E-state index contributed by atoms with van der Waals surface area (Å²) in [5.74, 6) is -2.45. The summed E-state index contributed by atoms with van der Waals surface area (Å²) in [7, 11) is 0. The van der Waals surface area contributed by atoms with Crippen molar-refractivity contribution in [1.29, 1.82) is 0 Å². The molecule has 0 saturated carbocycles. The Kier molecular flexibility index (Phi) is 16.2. The predicted octanol–water partition coefficient (Wildman–Crippen LogP) is 4.48. The quantitative estimate of drug-likeness (QED) is 0.194. The van der Waals surface area contributed by atoms with Crippen LogP contribution >= 0.6 is 0 Å². The Morgan fingerprint density at radius 2 is 1.20 bits per heavy atom. The Labute approximate surface area is 181 Å². The van der Waals surface area contributed by atoms with Gasteiger partial charge in [0, 0.05) is 0 Å². The predicted molar refractivity (Wildman–Crippen MR) is 115 cm³/mol. The zero-order valence-corrected chi connectivity index (χ0v) is 19.4. The normalized spacial score (nSPS) is 12.3. The molecule has 30 heavy (non-hydrogen) atoms. The molecule has 176 valence electrons. The summed E-state index contributed by atoms with van der Waals surface area (Å²) in [5, 5.41) is 10.9. The first-order valence-electron chi connectivity index (χ1n) is 11.5. The van der Waals surface area contributed by atoms with Crippen molar-refractivity contribution in [1.82, 2.24) is 0 Å². The summed E-state index contributed by atoms with van der Waals surface area (Å²) in [6.45, 7) is 8.31. The van der Waals surface area contributed by atoms with Crippen molar-refractivity contribution < 1.29 is 33.7 Å². The number of hydrogen-bond donors (Lipinski definition) is 1. The van der Waals surface area contributed by atoms with E-state index in [1.807, 2.05) is 13.8 Å². The van der Waals surface area contributed by atoms with Gasteiger partial charge in [-0.25, -0.2) is 4.79 Å². The highest BCUT2D eigenvalue weighted by atomic mass is 16.6. The molecule has 1 unspecified atom stereocenters. The number of hydrogen-bond acceptors (Lipinski definition) is 7. The molecule has 0 aromatic rings. The van der Waals surface area contributed by atoms with Gasteiger partial charge in [-0.15, -0.1) is 0 Å². The van der Waals surface area contributed by atoms with Crippen molar-refractivity contribution in [2.75, 3.05) is 13.2 Å². The van der Waals surface area contributed by atoms with E-state index >= 15 is 0 Å². The maximum atomic E-state index is 12.6. The monoisotopic (exact) mass is 430 g/mol. The smallest absolute Gasteiger partial charge is 0.339 e. The van der Waals surface area contributed by atoms with Gasteiger partial charge in [0.25, 0.3) is 0 Å². The molecule has 0 aromatic carbocycles. The summed E-state index contributed by atoms with van der Waals surface area (Å²) in [6, 6.07) is 0. The SMILES string of the molecule is CCCCCOC(=O)CC(O)(CC(=O)OCCCCC)C(=O)OC(C)CCCCC. The first-order chi connectivity index (χ1) is 14.3. The first kappa shape index (κ1) is 28.4. The molecule has 0 spiro atoms. The molecule has 1 atom stereocenters. The van der Waals surface area contributed by atoms with Crippen molar-refractivity contribution >= 4 is 17.9 Å². The Bertz CT molecular complexity index is 464. The number of carbonyl (C=O) groups is 3. The Hall–Kier alpha value is -1.63.